The quantitative estimate of drug-likeness (QED) is 0.719. The Balaban J connectivity index is 2.26. The summed E-state index contributed by atoms with van der Waals surface area (Å²) in [5.41, 5.74) is 0.336. The molecule has 0 bridgehead atoms. The van der Waals surface area contributed by atoms with Gasteiger partial charge in [0, 0.05) is 37.8 Å². The SMILES string of the molecule is CCC(C)NCCC(C)(C)N1CCNCC1. The van der Waals surface area contributed by atoms with Crippen molar-refractivity contribution in [2.75, 3.05) is 32.7 Å². The van der Waals surface area contributed by atoms with Gasteiger partial charge < -0.3 is 10.6 Å². The van der Waals surface area contributed by atoms with Crippen molar-refractivity contribution in [2.45, 2.75) is 52.1 Å². The average molecular weight is 227 g/mol. The predicted octanol–water partition coefficient (Wildman–Crippen LogP) is 1.45. The predicted molar refractivity (Wildman–Crippen MR) is 70.9 cm³/mol. The molecule has 0 aromatic carbocycles. The van der Waals surface area contributed by atoms with E-state index in [1.165, 1.54) is 25.9 Å². The molecule has 1 rings (SSSR count). The maximum atomic E-state index is 3.59. The molecule has 0 spiro atoms. The first-order valence-electron chi connectivity index (χ1n) is 6.75. The molecule has 1 unspecified atom stereocenters. The molecular formula is C13H29N3. The van der Waals surface area contributed by atoms with Crippen LogP contribution in [0.4, 0.5) is 0 Å². The van der Waals surface area contributed by atoms with Crippen LogP contribution in [0.15, 0.2) is 0 Å². The first-order valence-corrected chi connectivity index (χ1v) is 6.75. The van der Waals surface area contributed by atoms with Crippen molar-refractivity contribution in [3.8, 4) is 0 Å². The minimum atomic E-state index is 0.336. The summed E-state index contributed by atoms with van der Waals surface area (Å²) in [6.45, 7) is 15.0. The third kappa shape index (κ3) is 4.40. The number of nitrogens with zero attached hydrogens (tertiary/aromatic N) is 1. The molecule has 0 aliphatic carbocycles. The van der Waals surface area contributed by atoms with E-state index in [1.807, 2.05) is 0 Å². The average Bonchev–Trinajstić information content (AvgIpc) is 2.30. The Hall–Kier alpha value is -0.120. The van der Waals surface area contributed by atoms with Gasteiger partial charge in [0.05, 0.1) is 0 Å². The molecule has 0 saturated carbocycles. The van der Waals surface area contributed by atoms with Crippen LogP contribution in [0.5, 0.6) is 0 Å². The normalized spacial score (nSPS) is 21.0. The number of hydrogen-bond donors (Lipinski definition) is 2. The zero-order valence-corrected chi connectivity index (χ0v) is 11.5. The van der Waals surface area contributed by atoms with Gasteiger partial charge in [-0.3, -0.25) is 4.90 Å². The van der Waals surface area contributed by atoms with Crippen molar-refractivity contribution in [1.82, 2.24) is 15.5 Å². The largest absolute Gasteiger partial charge is 0.314 e. The minimum Gasteiger partial charge on any atom is -0.314 e. The van der Waals surface area contributed by atoms with E-state index in [-0.39, 0.29) is 0 Å². The summed E-state index contributed by atoms with van der Waals surface area (Å²) in [4.78, 5) is 2.61. The second kappa shape index (κ2) is 6.58. The lowest BCUT2D eigenvalue weighted by atomic mass is 9.97. The highest BCUT2D eigenvalue weighted by molar-refractivity contribution is 4.85. The van der Waals surface area contributed by atoms with E-state index in [0.717, 1.165) is 19.6 Å². The van der Waals surface area contributed by atoms with Crippen LogP contribution in [0.25, 0.3) is 0 Å². The van der Waals surface area contributed by atoms with Gasteiger partial charge in [0.2, 0.25) is 0 Å². The summed E-state index contributed by atoms with van der Waals surface area (Å²) in [5, 5.41) is 7.00. The number of hydrogen-bond acceptors (Lipinski definition) is 3. The Kier molecular flexibility index (Phi) is 5.73. The van der Waals surface area contributed by atoms with Crippen LogP contribution in [0, 0.1) is 0 Å². The lowest BCUT2D eigenvalue weighted by molar-refractivity contribution is 0.0950. The fraction of sp³-hybridized carbons (Fsp3) is 1.00. The molecule has 1 aliphatic rings. The highest BCUT2D eigenvalue weighted by Crippen LogP contribution is 2.18. The molecule has 0 amide bonds. The van der Waals surface area contributed by atoms with Crippen LogP contribution >= 0.6 is 0 Å². The summed E-state index contributed by atoms with van der Waals surface area (Å²) >= 11 is 0. The van der Waals surface area contributed by atoms with E-state index in [4.69, 9.17) is 0 Å². The van der Waals surface area contributed by atoms with E-state index in [0.29, 0.717) is 11.6 Å². The second-order valence-electron chi connectivity index (χ2n) is 5.56. The molecule has 1 aliphatic heterocycles. The second-order valence-corrected chi connectivity index (χ2v) is 5.56. The molecule has 1 saturated heterocycles. The molecule has 0 radical (unpaired) electrons. The number of rotatable bonds is 6. The van der Waals surface area contributed by atoms with Crippen LogP contribution in [-0.2, 0) is 0 Å². The Morgan fingerprint density at radius 2 is 1.94 bits per heavy atom. The first kappa shape index (κ1) is 13.9. The molecule has 1 heterocycles. The van der Waals surface area contributed by atoms with Crippen molar-refractivity contribution in [2.24, 2.45) is 0 Å². The van der Waals surface area contributed by atoms with E-state index in [1.54, 1.807) is 0 Å². The Morgan fingerprint density at radius 3 is 2.50 bits per heavy atom. The Morgan fingerprint density at radius 1 is 1.31 bits per heavy atom. The van der Waals surface area contributed by atoms with Gasteiger partial charge in [-0.25, -0.2) is 0 Å². The number of piperazine rings is 1. The Bertz CT molecular complexity index is 186. The molecule has 96 valence electrons. The van der Waals surface area contributed by atoms with Gasteiger partial charge >= 0.3 is 0 Å². The van der Waals surface area contributed by atoms with E-state index in [2.05, 4.69) is 43.2 Å². The number of nitrogens with one attached hydrogen (secondary N) is 2. The third-order valence-electron chi connectivity index (χ3n) is 3.82. The molecule has 1 atom stereocenters. The summed E-state index contributed by atoms with van der Waals surface area (Å²) in [6, 6.07) is 0.652. The molecule has 1 fully saturated rings. The highest BCUT2D eigenvalue weighted by Gasteiger charge is 2.27. The van der Waals surface area contributed by atoms with Crippen LogP contribution in [0.1, 0.15) is 40.5 Å². The smallest absolute Gasteiger partial charge is 0.0166 e. The van der Waals surface area contributed by atoms with Gasteiger partial charge in [0.25, 0.3) is 0 Å². The molecular weight excluding hydrogens is 198 g/mol. The van der Waals surface area contributed by atoms with E-state index in [9.17, 15) is 0 Å². The van der Waals surface area contributed by atoms with Gasteiger partial charge in [0.1, 0.15) is 0 Å². The van der Waals surface area contributed by atoms with Gasteiger partial charge in [-0.1, -0.05) is 6.92 Å². The maximum absolute atomic E-state index is 3.59. The molecule has 16 heavy (non-hydrogen) atoms. The van der Waals surface area contributed by atoms with Gasteiger partial charge in [-0.15, -0.1) is 0 Å². The molecule has 0 aromatic rings. The van der Waals surface area contributed by atoms with Crippen LogP contribution in [-0.4, -0.2) is 49.2 Å². The van der Waals surface area contributed by atoms with E-state index >= 15 is 0 Å². The molecule has 3 heteroatoms. The molecule has 0 aromatic heterocycles. The highest BCUT2D eigenvalue weighted by atomic mass is 15.2. The van der Waals surface area contributed by atoms with Gasteiger partial charge in [-0.2, -0.15) is 0 Å². The van der Waals surface area contributed by atoms with E-state index < -0.39 is 0 Å². The lowest BCUT2D eigenvalue weighted by Crippen LogP contribution is -2.54. The summed E-state index contributed by atoms with van der Waals surface area (Å²) in [7, 11) is 0. The molecule has 3 nitrogen and oxygen atoms in total. The van der Waals surface area contributed by atoms with Crippen molar-refractivity contribution >= 4 is 0 Å². The van der Waals surface area contributed by atoms with Crippen LogP contribution in [0.2, 0.25) is 0 Å². The zero-order valence-electron chi connectivity index (χ0n) is 11.5. The van der Waals surface area contributed by atoms with Gasteiger partial charge in [0.15, 0.2) is 0 Å². The van der Waals surface area contributed by atoms with Crippen molar-refractivity contribution in [3.63, 3.8) is 0 Å². The fourth-order valence-corrected chi connectivity index (χ4v) is 2.20. The summed E-state index contributed by atoms with van der Waals surface area (Å²) < 4.78 is 0. The standard InChI is InChI=1S/C13H29N3/c1-5-12(2)15-7-6-13(3,4)16-10-8-14-9-11-16/h12,14-15H,5-11H2,1-4H3. The van der Waals surface area contributed by atoms with Gasteiger partial charge in [-0.05, 0) is 40.2 Å². The van der Waals surface area contributed by atoms with Crippen molar-refractivity contribution < 1.29 is 0 Å². The van der Waals surface area contributed by atoms with Crippen LogP contribution < -0.4 is 10.6 Å². The molecule has 2 N–H and O–H groups in total. The lowest BCUT2D eigenvalue weighted by Gasteiger charge is -2.41. The summed E-state index contributed by atoms with van der Waals surface area (Å²) in [5.74, 6) is 0. The summed E-state index contributed by atoms with van der Waals surface area (Å²) in [6.07, 6.45) is 2.45. The minimum absolute atomic E-state index is 0.336. The van der Waals surface area contributed by atoms with Crippen molar-refractivity contribution in [3.05, 3.63) is 0 Å². The maximum Gasteiger partial charge on any atom is 0.0166 e. The van der Waals surface area contributed by atoms with Crippen molar-refractivity contribution in [1.29, 1.82) is 0 Å². The first-order chi connectivity index (χ1) is 7.56. The topological polar surface area (TPSA) is 27.3 Å². The fourth-order valence-electron chi connectivity index (χ4n) is 2.20. The zero-order chi connectivity index (χ0) is 12.0. The van der Waals surface area contributed by atoms with Crippen LogP contribution in [0.3, 0.4) is 0 Å². The Labute approximate surface area is 101 Å². The third-order valence-corrected chi connectivity index (χ3v) is 3.82. The monoisotopic (exact) mass is 227 g/mol.